The van der Waals surface area contributed by atoms with Crippen LogP contribution in [0, 0.1) is 11.3 Å². The molecule has 1 saturated carbocycles. The van der Waals surface area contributed by atoms with Crippen molar-refractivity contribution >= 4 is 5.78 Å². The Hall–Kier alpha value is -0.890. The number of hydrogen-bond donors (Lipinski definition) is 1. The molecule has 0 bridgehead atoms. The van der Waals surface area contributed by atoms with E-state index in [0.717, 1.165) is 12.0 Å². The van der Waals surface area contributed by atoms with Gasteiger partial charge in [-0.2, -0.15) is 0 Å². The van der Waals surface area contributed by atoms with Crippen LogP contribution in [0.5, 0.6) is 0 Å². The summed E-state index contributed by atoms with van der Waals surface area (Å²) in [6.45, 7) is 9.60. The van der Waals surface area contributed by atoms with Gasteiger partial charge in [0.25, 0.3) is 0 Å². The Morgan fingerprint density at radius 2 is 2.43 bits per heavy atom. The molecule has 0 saturated heterocycles. The minimum atomic E-state index is -0.457. The second kappa shape index (κ2) is 4.09. The molecule has 0 unspecified atom stereocenters. The summed E-state index contributed by atoms with van der Waals surface area (Å²) >= 11 is 0. The molecule has 14 heavy (non-hydrogen) atoms. The number of ketones is 1. The summed E-state index contributed by atoms with van der Waals surface area (Å²) in [5, 5.41) is 9.41. The second-order valence-corrected chi connectivity index (χ2v) is 4.25. The van der Waals surface area contributed by atoms with Crippen LogP contribution in [-0.4, -0.2) is 17.5 Å². The quantitative estimate of drug-likeness (QED) is 0.698. The van der Waals surface area contributed by atoms with Crippen molar-refractivity contribution in [1.29, 1.82) is 0 Å². The number of aliphatic hydroxyl groups is 1. The average molecular weight is 194 g/mol. The van der Waals surface area contributed by atoms with E-state index in [1.165, 1.54) is 0 Å². The van der Waals surface area contributed by atoms with Gasteiger partial charge < -0.3 is 5.11 Å². The van der Waals surface area contributed by atoms with Crippen molar-refractivity contribution in [3.8, 4) is 0 Å². The van der Waals surface area contributed by atoms with E-state index in [2.05, 4.69) is 13.2 Å². The maximum Gasteiger partial charge on any atom is 0.133 e. The van der Waals surface area contributed by atoms with Crippen LogP contribution in [0.4, 0.5) is 0 Å². The molecule has 0 aromatic rings. The van der Waals surface area contributed by atoms with Crippen molar-refractivity contribution in [2.24, 2.45) is 11.3 Å². The van der Waals surface area contributed by atoms with E-state index in [4.69, 9.17) is 0 Å². The SMILES string of the molecule is C=C[C@]1(CO)CC(=O)CC[C@H]1C(=C)C. The molecule has 0 aromatic heterocycles. The fourth-order valence-corrected chi connectivity index (χ4v) is 2.35. The van der Waals surface area contributed by atoms with Crippen LogP contribution in [-0.2, 0) is 4.79 Å². The van der Waals surface area contributed by atoms with E-state index in [0.29, 0.717) is 12.8 Å². The first-order valence-electron chi connectivity index (χ1n) is 4.97. The van der Waals surface area contributed by atoms with Gasteiger partial charge >= 0.3 is 0 Å². The van der Waals surface area contributed by atoms with E-state index in [-0.39, 0.29) is 18.3 Å². The van der Waals surface area contributed by atoms with Crippen LogP contribution >= 0.6 is 0 Å². The summed E-state index contributed by atoms with van der Waals surface area (Å²) in [6, 6.07) is 0. The highest BCUT2D eigenvalue weighted by molar-refractivity contribution is 5.80. The molecule has 0 radical (unpaired) electrons. The number of allylic oxidation sites excluding steroid dienone is 1. The molecule has 1 N–H and O–H groups in total. The molecule has 0 aromatic carbocycles. The van der Waals surface area contributed by atoms with Gasteiger partial charge in [-0.05, 0) is 19.3 Å². The van der Waals surface area contributed by atoms with Crippen molar-refractivity contribution in [3.05, 3.63) is 24.8 Å². The molecule has 1 aliphatic carbocycles. The first-order chi connectivity index (χ1) is 6.55. The van der Waals surface area contributed by atoms with E-state index < -0.39 is 5.41 Å². The fourth-order valence-electron chi connectivity index (χ4n) is 2.35. The number of carbonyl (C=O) groups is 1. The lowest BCUT2D eigenvalue weighted by molar-refractivity contribution is -0.125. The Bertz CT molecular complexity index is 267. The summed E-state index contributed by atoms with van der Waals surface area (Å²) in [4.78, 5) is 11.4. The van der Waals surface area contributed by atoms with E-state index >= 15 is 0 Å². The highest BCUT2D eigenvalue weighted by Crippen LogP contribution is 2.43. The standard InChI is InChI=1S/C12H18O2/c1-4-12(8-13)7-10(14)5-6-11(12)9(2)3/h4,11,13H,1-2,5-8H2,3H3/t11-,12+/m0/s1. The highest BCUT2D eigenvalue weighted by atomic mass is 16.3. The molecule has 78 valence electrons. The lowest BCUT2D eigenvalue weighted by Crippen LogP contribution is -2.39. The molecular weight excluding hydrogens is 176 g/mol. The molecule has 1 rings (SSSR count). The van der Waals surface area contributed by atoms with E-state index in [9.17, 15) is 9.90 Å². The molecular formula is C12H18O2. The minimum Gasteiger partial charge on any atom is -0.395 e. The van der Waals surface area contributed by atoms with Crippen molar-refractivity contribution < 1.29 is 9.90 Å². The molecule has 1 fully saturated rings. The second-order valence-electron chi connectivity index (χ2n) is 4.25. The Labute approximate surface area is 85.3 Å². The van der Waals surface area contributed by atoms with Crippen LogP contribution in [0.3, 0.4) is 0 Å². The largest absolute Gasteiger partial charge is 0.395 e. The van der Waals surface area contributed by atoms with Gasteiger partial charge in [0.1, 0.15) is 5.78 Å². The van der Waals surface area contributed by atoms with Gasteiger partial charge in [0.2, 0.25) is 0 Å². The summed E-state index contributed by atoms with van der Waals surface area (Å²) in [5.74, 6) is 0.416. The Morgan fingerprint density at radius 1 is 1.79 bits per heavy atom. The Balaban J connectivity index is 2.98. The average Bonchev–Trinajstić information content (AvgIpc) is 2.16. The van der Waals surface area contributed by atoms with Gasteiger partial charge in [-0.15, -0.1) is 6.58 Å². The lowest BCUT2D eigenvalue weighted by Gasteiger charge is -2.40. The highest BCUT2D eigenvalue weighted by Gasteiger charge is 2.41. The normalized spacial score (nSPS) is 32.7. The van der Waals surface area contributed by atoms with Crippen LogP contribution in [0.15, 0.2) is 24.8 Å². The molecule has 2 nitrogen and oxygen atoms in total. The van der Waals surface area contributed by atoms with Gasteiger partial charge in [-0.1, -0.05) is 18.2 Å². The molecule has 1 aliphatic rings. The Kier molecular flexibility index (Phi) is 3.27. The summed E-state index contributed by atoms with van der Waals surface area (Å²) in [7, 11) is 0. The van der Waals surface area contributed by atoms with Crippen LogP contribution in [0.25, 0.3) is 0 Å². The number of carbonyl (C=O) groups excluding carboxylic acids is 1. The van der Waals surface area contributed by atoms with Crippen molar-refractivity contribution in [3.63, 3.8) is 0 Å². The molecule has 0 amide bonds. The van der Waals surface area contributed by atoms with Crippen molar-refractivity contribution in [2.45, 2.75) is 26.2 Å². The monoisotopic (exact) mass is 194 g/mol. The van der Waals surface area contributed by atoms with Gasteiger partial charge in [0.15, 0.2) is 0 Å². The van der Waals surface area contributed by atoms with Gasteiger partial charge in [-0.25, -0.2) is 0 Å². The summed E-state index contributed by atoms with van der Waals surface area (Å²) in [5.41, 5.74) is 0.577. The number of Topliss-reactive ketones (excluding diaryl/α,β-unsaturated/α-hetero) is 1. The van der Waals surface area contributed by atoms with Gasteiger partial charge in [-0.3, -0.25) is 4.79 Å². The molecule has 0 heterocycles. The van der Waals surface area contributed by atoms with Crippen molar-refractivity contribution in [2.75, 3.05) is 6.61 Å². The summed E-state index contributed by atoms with van der Waals surface area (Å²) in [6.07, 6.45) is 3.53. The number of hydrogen-bond acceptors (Lipinski definition) is 2. The zero-order valence-electron chi connectivity index (χ0n) is 8.75. The molecule has 2 atom stereocenters. The third kappa shape index (κ3) is 1.80. The van der Waals surface area contributed by atoms with Gasteiger partial charge in [0.05, 0.1) is 6.61 Å². The molecule has 2 heteroatoms. The van der Waals surface area contributed by atoms with Crippen LogP contribution in [0.1, 0.15) is 26.2 Å². The zero-order valence-corrected chi connectivity index (χ0v) is 8.75. The third-order valence-electron chi connectivity index (χ3n) is 3.23. The fraction of sp³-hybridized carbons (Fsp3) is 0.583. The van der Waals surface area contributed by atoms with Crippen LogP contribution < -0.4 is 0 Å². The lowest BCUT2D eigenvalue weighted by atomic mass is 9.64. The molecule has 0 spiro atoms. The zero-order chi connectivity index (χ0) is 10.8. The van der Waals surface area contributed by atoms with E-state index in [1.54, 1.807) is 6.08 Å². The summed E-state index contributed by atoms with van der Waals surface area (Å²) < 4.78 is 0. The van der Waals surface area contributed by atoms with Crippen molar-refractivity contribution in [1.82, 2.24) is 0 Å². The topological polar surface area (TPSA) is 37.3 Å². The first kappa shape index (κ1) is 11.2. The maximum atomic E-state index is 11.4. The third-order valence-corrected chi connectivity index (χ3v) is 3.23. The smallest absolute Gasteiger partial charge is 0.133 e. The molecule has 0 aliphatic heterocycles. The first-order valence-corrected chi connectivity index (χ1v) is 4.97. The minimum absolute atomic E-state index is 0.0141. The predicted octanol–water partition coefficient (Wildman–Crippen LogP) is 2.10. The number of rotatable bonds is 3. The maximum absolute atomic E-state index is 11.4. The van der Waals surface area contributed by atoms with E-state index in [1.807, 2.05) is 6.92 Å². The van der Waals surface area contributed by atoms with Gasteiger partial charge in [0, 0.05) is 18.3 Å². The van der Waals surface area contributed by atoms with Crippen LogP contribution in [0.2, 0.25) is 0 Å². The predicted molar refractivity (Wildman–Crippen MR) is 56.9 cm³/mol. The number of aliphatic hydroxyl groups excluding tert-OH is 1. The Morgan fingerprint density at radius 3 is 2.86 bits per heavy atom.